The minimum atomic E-state index is -0.219. The summed E-state index contributed by atoms with van der Waals surface area (Å²) >= 11 is 12.3. The molecule has 0 spiro atoms. The zero-order valence-corrected chi connectivity index (χ0v) is 15.1. The first-order chi connectivity index (χ1) is 12.2. The third kappa shape index (κ3) is 4.72. The molecule has 25 heavy (non-hydrogen) atoms. The normalized spacial score (nSPS) is 12.1. The molecule has 0 bridgehead atoms. The Morgan fingerprint density at radius 1 is 1.08 bits per heavy atom. The Bertz CT molecular complexity index is 808. The molecule has 2 aromatic carbocycles. The first kappa shape index (κ1) is 17.7. The fraction of sp³-hybridized carbons (Fsp3) is 0.222. The van der Waals surface area contributed by atoms with Gasteiger partial charge >= 0.3 is 0 Å². The molecule has 0 saturated heterocycles. The van der Waals surface area contributed by atoms with Gasteiger partial charge in [0.05, 0.1) is 11.6 Å². The molecule has 0 saturated carbocycles. The minimum absolute atomic E-state index is 0.219. The smallest absolute Gasteiger partial charge is 0.137 e. The maximum Gasteiger partial charge on any atom is 0.137 e. The van der Waals surface area contributed by atoms with E-state index < -0.39 is 0 Å². The minimum Gasteiger partial charge on any atom is -0.457 e. The van der Waals surface area contributed by atoms with Crippen LogP contribution in [0.2, 0.25) is 10.0 Å². The van der Waals surface area contributed by atoms with Crippen molar-refractivity contribution < 1.29 is 9.47 Å². The van der Waals surface area contributed by atoms with E-state index in [1.165, 1.54) is 6.33 Å². The van der Waals surface area contributed by atoms with Crippen LogP contribution in [0.15, 0.2) is 55.1 Å². The highest BCUT2D eigenvalue weighted by Crippen LogP contribution is 2.32. The topological polar surface area (TPSA) is 49.2 Å². The van der Waals surface area contributed by atoms with Crippen LogP contribution in [0.5, 0.6) is 11.5 Å². The molecule has 0 aliphatic carbocycles. The lowest BCUT2D eigenvalue weighted by Gasteiger charge is -2.19. The molecule has 0 N–H and O–H groups in total. The maximum absolute atomic E-state index is 6.47. The van der Waals surface area contributed by atoms with Crippen molar-refractivity contribution >= 4 is 23.2 Å². The van der Waals surface area contributed by atoms with Crippen LogP contribution in [0.1, 0.15) is 18.6 Å². The number of nitrogens with zero attached hydrogens (tertiary/aromatic N) is 3. The van der Waals surface area contributed by atoms with Crippen molar-refractivity contribution in [2.75, 3.05) is 6.61 Å². The van der Waals surface area contributed by atoms with Gasteiger partial charge in [0.2, 0.25) is 0 Å². The third-order valence-corrected chi connectivity index (χ3v) is 4.13. The number of hydrogen-bond acceptors (Lipinski definition) is 4. The highest BCUT2D eigenvalue weighted by molar-refractivity contribution is 6.31. The van der Waals surface area contributed by atoms with Gasteiger partial charge in [-0.25, -0.2) is 4.98 Å². The summed E-state index contributed by atoms with van der Waals surface area (Å²) in [5.41, 5.74) is 0.877. The Kier molecular flexibility index (Phi) is 5.91. The van der Waals surface area contributed by atoms with Crippen molar-refractivity contribution in [1.29, 1.82) is 0 Å². The van der Waals surface area contributed by atoms with E-state index in [-0.39, 0.29) is 6.10 Å². The second-order valence-corrected chi connectivity index (χ2v) is 6.14. The SMILES string of the molecule is CCOC(Cn1cncn1)c1ccc(Oc2ccc(Cl)cc2)cc1Cl. The van der Waals surface area contributed by atoms with Crippen LogP contribution in [-0.2, 0) is 11.3 Å². The number of aromatic nitrogens is 3. The second-order valence-electron chi connectivity index (χ2n) is 5.30. The summed E-state index contributed by atoms with van der Waals surface area (Å²) in [7, 11) is 0. The Labute approximate surface area is 156 Å². The zero-order chi connectivity index (χ0) is 17.6. The Morgan fingerprint density at radius 3 is 2.48 bits per heavy atom. The van der Waals surface area contributed by atoms with Gasteiger partial charge in [0.25, 0.3) is 0 Å². The van der Waals surface area contributed by atoms with Crippen LogP contribution >= 0.6 is 23.2 Å². The Balaban J connectivity index is 1.78. The average Bonchev–Trinajstić information content (AvgIpc) is 3.10. The largest absolute Gasteiger partial charge is 0.457 e. The summed E-state index contributed by atoms with van der Waals surface area (Å²) in [6.45, 7) is 3.05. The molecule has 1 atom stereocenters. The van der Waals surface area contributed by atoms with Crippen LogP contribution in [0.3, 0.4) is 0 Å². The van der Waals surface area contributed by atoms with Gasteiger partial charge in [0, 0.05) is 17.2 Å². The van der Waals surface area contributed by atoms with E-state index in [0.717, 1.165) is 5.56 Å². The van der Waals surface area contributed by atoms with E-state index >= 15 is 0 Å². The Hall–Kier alpha value is -2.08. The molecule has 0 aliphatic heterocycles. The van der Waals surface area contributed by atoms with Crippen molar-refractivity contribution in [2.45, 2.75) is 19.6 Å². The second kappa shape index (κ2) is 8.34. The summed E-state index contributed by atoms with van der Waals surface area (Å²) < 4.78 is 13.3. The van der Waals surface area contributed by atoms with Crippen LogP contribution in [0, 0.1) is 0 Å². The molecule has 0 fully saturated rings. The van der Waals surface area contributed by atoms with E-state index in [1.807, 2.05) is 19.1 Å². The van der Waals surface area contributed by atoms with Gasteiger partial charge in [-0.2, -0.15) is 5.10 Å². The predicted octanol–water partition coefficient (Wildman–Crippen LogP) is 5.16. The molecular formula is C18H17Cl2N3O2. The van der Waals surface area contributed by atoms with E-state index in [4.69, 9.17) is 32.7 Å². The summed E-state index contributed by atoms with van der Waals surface area (Å²) in [4.78, 5) is 3.95. The summed E-state index contributed by atoms with van der Waals surface area (Å²) in [5.74, 6) is 1.34. The van der Waals surface area contributed by atoms with Crippen molar-refractivity contribution in [2.24, 2.45) is 0 Å². The highest BCUT2D eigenvalue weighted by Gasteiger charge is 2.17. The van der Waals surface area contributed by atoms with Gasteiger partial charge in [-0.3, -0.25) is 4.68 Å². The highest BCUT2D eigenvalue weighted by atomic mass is 35.5. The molecule has 0 aliphatic rings. The molecule has 7 heteroatoms. The third-order valence-electron chi connectivity index (χ3n) is 3.56. The van der Waals surface area contributed by atoms with Gasteiger partial charge in [-0.05, 0) is 43.3 Å². The molecule has 1 unspecified atom stereocenters. The van der Waals surface area contributed by atoms with Crippen molar-refractivity contribution in [3.8, 4) is 11.5 Å². The lowest BCUT2D eigenvalue weighted by molar-refractivity contribution is 0.0471. The molecule has 0 amide bonds. The number of rotatable bonds is 7. The number of hydrogen-bond donors (Lipinski definition) is 0. The molecule has 5 nitrogen and oxygen atoms in total. The van der Waals surface area contributed by atoms with Gasteiger partial charge in [0.15, 0.2) is 0 Å². The van der Waals surface area contributed by atoms with Crippen molar-refractivity contribution in [3.05, 3.63) is 70.7 Å². The molecule has 1 heterocycles. The van der Waals surface area contributed by atoms with E-state index in [1.54, 1.807) is 41.3 Å². The summed E-state index contributed by atoms with van der Waals surface area (Å²) in [5, 5.41) is 5.36. The monoisotopic (exact) mass is 377 g/mol. The van der Waals surface area contributed by atoms with Crippen LogP contribution in [0.4, 0.5) is 0 Å². The number of ether oxygens (including phenoxy) is 2. The van der Waals surface area contributed by atoms with E-state index in [0.29, 0.717) is 34.7 Å². The summed E-state index contributed by atoms with van der Waals surface area (Å²) in [6, 6.07) is 12.7. The lowest BCUT2D eigenvalue weighted by atomic mass is 10.1. The van der Waals surface area contributed by atoms with Crippen molar-refractivity contribution in [3.63, 3.8) is 0 Å². The van der Waals surface area contributed by atoms with E-state index in [2.05, 4.69) is 10.1 Å². The molecule has 1 aromatic heterocycles. The molecule has 3 aromatic rings. The lowest BCUT2D eigenvalue weighted by Crippen LogP contribution is -2.13. The maximum atomic E-state index is 6.47. The zero-order valence-electron chi connectivity index (χ0n) is 13.6. The molecular weight excluding hydrogens is 361 g/mol. The van der Waals surface area contributed by atoms with Gasteiger partial charge in [-0.15, -0.1) is 0 Å². The fourth-order valence-corrected chi connectivity index (χ4v) is 2.83. The van der Waals surface area contributed by atoms with Gasteiger partial charge in [0.1, 0.15) is 30.3 Å². The number of halogens is 2. The van der Waals surface area contributed by atoms with E-state index in [9.17, 15) is 0 Å². The Morgan fingerprint density at radius 2 is 1.84 bits per heavy atom. The van der Waals surface area contributed by atoms with Gasteiger partial charge < -0.3 is 9.47 Å². The predicted molar refractivity (Wildman–Crippen MR) is 97.4 cm³/mol. The molecule has 130 valence electrons. The summed E-state index contributed by atoms with van der Waals surface area (Å²) in [6.07, 6.45) is 2.93. The van der Waals surface area contributed by atoms with Crippen LogP contribution in [-0.4, -0.2) is 21.4 Å². The molecule has 0 radical (unpaired) electrons. The fourth-order valence-electron chi connectivity index (χ4n) is 2.41. The van der Waals surface area contributed by atoms with Crippen LogP contribution < -0.4 is 4.74 Å². The average molecular weight is 378 g/mol. The number of benzene rings is 2. The van der Waals surface area contributed by atoms with Gasteiger partial charge in [-0.1, -0.05) is 29.3 Å². The quantitative estimate of drug-likeness (QED) is 0.570. The standard InChI is InChI=1S/C18H17Cl2N3O2/c1-2-24-18(10-23-12-21-11-22-23)16-8-7-15(9-17(16)20)25-14-5-3-13(19)4-6-14/h3-9,11-12,18H,2,10H2,1H3. The molecule has 3 rings (SSSR count). The first-order valence-corrected chi connectivity index (χ1v) is 8.58. The van der Waals surface area contributed by atoms with Crippen molar-refractivity contribution in [1.82, 2.24) is 14.8 Å². The first-order valence-electron chi connectivity index (χ1n) is 7.82. The van der Waals surface area contributed by atoms with Crippen LogP contribution in [0.25, 0.3) is 0 Å².